The summed E-state index contributed by atoms with van der Waals surface area (Å²) >= 11 is 12.3. The zero-order chi connectivity index (χ0) is 29.7. The molecule has 0 heterocycles. The standard InChI is InChI=1S/C32H31Cl2FN2O3S/c1-22(2)37(21-23-7-5-4-6-8-23)32(39)26-13-9-24(10-14-26)19-36(20-25-11-15-28(35)16-12-25)41(3,40)30-18-27(33)17-29(34)31(30)38/h4-18,22,38H,3,19-21H2,1-2H3. The molecule has 214 valence electrons. The summed E-state index contributed by atoms with van der Waals surface area (Å²) in [5.74, 6) is 3.11. The maximum atomic E-state index is 14.2. The van der Waals surface area contributed by atoms with Crippen molar-refractivity contribution < 1.29 is 18.5 Å². The third-order valence-corrected chi connectivity index (χ3v) is 9.26. The van der Waals surface area contributed by atoms with Gasteiger partial charge in [-0.2, -0.15) is 0 Å². The van der Waals surface area contributed by atoms with E-state index in [2.05, 4.69) is 5.87 Å². The van der Waals surface area contributed by atoms with E-state index in [9.17, 15) is 18.5 Å². The Kier molecular flexibility index (Phi) is 9.76. The number of hydrogen-bond donors (Lipinski definition) is 1. The first-order valence-electron chi connectivity index (χ1n) is 12.9. The first-order chi connectivity index (χ1) is 19.5. The zero-order valence-electron chi connectivity index (χ0n) is 22.8. The fourth-order valence-corrected chi connectivity index (χ4v) is 6.70. The van der Waals surface area contributed by atoms with Gasteiger partial charge in [0.2, 0.25) is 0 Å². The van der Waals surface area contributed by atoms with E-state index in [0.29, 0.717) is 17.7 Å². The van der Waals surface area contributed by atoms with Crippen LogP contribution in [-0.4, -0.2) is 36.3 Å². The van der Waals surface area contributed by atoms with Gasteiger partial charge in [-0.1, -0.05) is 77.8 Å². The average molecular weight is 614 g/mol. The first kappa shape index (κ1) is 30.6. The van der Waals surface area contributed by atoms with Crippen LogP contribution in [0.2, 0.25) is 10.0 Å². The molecule has 0 fully saturated rings. The largest absolute Gasteiger partial charge is 0.505 e. The molecule has 0 saturated carbocycles. The van der Waals surface area contributed by atoms with Crippen LogP contribution in [0.5, 0.6) is 5.75 Å². The Bertz CT molecular complexity index is 1610. The fraction of sp³-hybridized carbons (Fsp3) is 0.188. The summed E-state index contributed by atoms with van der Waals surface area (Å²) in [5, 5.41) is 10.8. The molecule has 0 aliphatic heterocycles. The van der Waals surface area contributed by atoms with Crippen molar-refractivity contribution in [2.24, 2.45) is 0 Å². The van der Waals surface area contributed by atoms with Gasteiger partial charge >= 0.3 is 0 Å². The molecule has 1 amide bonds. The number of rotatable bonds is 10. The predicted molar refractivity (Wildman–Crippen MR) is 165 cm³/mol. The van der Waals surface area contributed by atoms with Crippen molar-refractivity contribution in [3.8, 4) is 5.75 Å². The minimum Gasteiger partial charge on any atom is -0.505 e. The molecule has 0 aliphatic carbocycles. The quantitative estimate of drug-likeness (QED) is 0.188. The molecule has 41 heavy (non-hydrogen) atoms. The molecule has 1 unspecified atom stereocenters. The molecule has 0 aliphatic rings. The molecule has 4 aromatic rings. The number of carbonyl (C=O) groups is 1. The Labute approximate surface area is 250 Å². The van der Waals surface area contributed by atoms with E-state index in [-0.39, 0.29) is 45.7 Å². The van der Waals surface area contributed by atoms with Gasteiger partial charge in [-0.25, -0.2) is 12.9 Å². The highest BCUT2D eigenvalue weighted by atomic mass is 35.5. The second kappa shape index (κ2) is 13.1. The van der Waals surface area contributed by atoms with Gasteiger partial charge in [-0.3, -0.25) is 4.79 Å². The topological polar surface area (TPSA) is 60.9 Å². The van der Waals surface area contributed by atoms with Gasteiger partial charge in [0.15, 0.2) is 5.75 Å². The van der Waals surface area contributed by atoms with Crippen molar-refractivity contribution in [2.45, 2.75) is 44.4 Å². The molecule has 4 rings (SSSR count). The molecule has 1 N–H and O–H groups in total. The van der Waals surface area contributed by atoms with Crippen molar-refractivity contribution in [3.05, 3.63) is 129 Å². The normalized spacial score (nSPS) is 12.9. The van der Waals surface area contributed by atoms with Crippen molar-refractivity contribution in [3.63, 3.8) is 0 Å². The molecule has 4 aromatic carbocycles. The summed E-state index contributed by atoms with van der Waals surface area (Å²) < 4.78 is 29.4. The Balaban J connectivity index is 1.63. The van der Waals surface area contributed by atoms with Gasteiger partial charge in [0.25, 0.3) is 5.91 Å². The Morgan fingerprint density at radius 1 is 0.878 bits per heavy atom. The maximum absolute atomic E-state index is 14.2. The van der Waals surface area contributed by atoms with E-state index in [4.69, 9.17) is 23.2 Å². The van der Waals surface area contributed by atoms with Crippen LogP contribution >= 0.6 is 23.2 Å². The number of nitrogens with zero attached hydrogens (tertiary/aromatic N) is 2. The minimum absolute atomic E-state index is 0.00241. The predicted octanol–water partition coefficient (Wildman–Crippen LogP) is 7.58. The summed E-state index contributed by atoms with van der Waals surface area (Å²) in [5.41, 5.74) is 3.01. The summed E-state index contributed by atoms with van der Waals surface area (Å²) in [7, 11) is -3.32. The van der Waals surface area contributed by atoms with Crippen LogP contribution < -0.4 is 0 Å². The smallest absolute Gasteiger partial charge is 0.254 e. The van der Waals surface area contributed by atoms with E-state index < -0.39 is 15.5 Å². The highest BCUT2D eigenvalue weighted by Gasteiger charge is 2.25. The maximum Gasteiger partial charge on any atom is 0.254 e. The molecule has 0 bridgehead atoms. The highest BCUT2D eigenvalue weighted by Crippen LogP contribution is 2.36. The van der Waals surface area contributed by atoms with E-state index in [1.807, 2.05) is 44.2 Å². The summed E-state index contributed by atoms with van der Waals surface area (Å²) in [4.78, 5) is 15.2. The molecule has 0 radical (unpaired) electrons. The number of phenols is 1. The van der Waals surface area contributed by atoms with Gasteiger partial charge < -0.3 is 10.0 Å². The summed E-state index contributed by atoms with van der Waals surface area (Å²) in [6.45, 7) is 4.72. The number of hydrogen-bond acceptors (Lipinski definition) is 3. The van der Waals surface area contributed by atoms with Crippen molar-refractivity contribution >= 4 is 44.7 Å². The number of halogens is 3. The molecule has 0 aromatic heterocycles. The van der Waals surface area contributed by atoms with Gasteiger partial charge in [0.05, 0.1) is 19.6 Å². The van der Waals surface area contributed by atoms with Gasteiger partial charge in [-0.05, 0) is 72.8 Å². The van der Waals surface area contributed by atoms with E-state index in [1.165, 1.54) is 24.3 Å². The molecule has 1 atom stereocenters. The molecular formula is C32H31Cl2FN2O3S. The number of amides is 1. The fourth-order valence-electron chi connectivity index (χ4n) is 4.37. The average Bonchev–Trinajstić information content (AvgIpc) is 2.94. The molecular weight excluding hydrogens is 582 g/mol. The second-order valence-electron chi connectivity index (χ2n) is 10.0. The van der Waals surface area contributed by atoms with Crippen LogP contribution in [0.25, 0.3) is 0 Å². The monoisotopic (exact) mass is 612 g/mol. The summed E-state index contributed by atoms with van der Waals surface area (Å²) in [6, 6.07) is 25.5. The number of aromatic hydroxyl groups is 1. The first-order valence-corrected chi connectivity index (χ1v) is 15.4. The van der Waals surface area contributed by atoms with Crippen molar-refractivity contribution in [1.82, 2.24) is 9.21 Å². The Morgan fingerprint density at radius 3 is 1.98 bits per heavy atom. The summed E-state index contributed by atoms with van der Waals surface area (Å²) in [6.07, 6.45) is 0. The van der Waals surface area contributed by atoms with Crippen LogP contribution in [0, 0.1) is 5.82 Å². The lowest BCUT2D eigenvalue weighted by molar-refractivity contribution is 0.0690. The molecule has 5 nitrogen and oxygen atoms in total. The molecule has 0 saturated heterocycles. The van der Waals surface area contributed by atoms with Crippen LogP contribution in [0.1, 0.15) is 40.9 Å². The lowest BCUT2D eigenvalue weighted by atomic mass is 10.1. The number of phenolic OH excluding ortho intramolecular Hbond substituents is 1. The van der Waals surface area contributed by atoms with Crippen LogP contribution in [0.4, 0.5) is 4.39 Å². The Morgan fingerprint density at radius 2 is 1.41 bits per heavy atom. The van der Waals surface area contributed by atoms with Crippen molar-refractivity contribution in [2.75, 3.05) is 0 Å². The van der Waals surface area contributed by atoms with E-state index in [1.54, 1.807) is 45.6 Å². The lowest BCUT2D eigenvalue weighted by Gasteiger charge is -2.28. The van der Waals surface area contributed by atoms with Gasteiger partial charge in [0.1, 0.15) is 5.82 Å². The lowest BCUT2D eigenvalue weighted by Crippen LogP contribution is -2.36. The SMILES string of the molecule is C=S(=O)(c1cc(Cl)cc(Cl)c1O)N(Cc1ccc(F)cc1)Cc1ccc(C(=O)N(Cc2ccccc2)C(C)C)cc1. The zero-order valence-corrected chi connectivity index (χ0v) is 25.1. The Hall–Kier alpha value is -3.36. The second-order valence-corrected chi connectivity index (χ2v) is 13.1. The number of carbonyl (C=O) groups excluding carboxylic acids is 1. The third kappa shape index (κ3) is 7.49. The van der Waals surface area contributed by atoms with Gasteiger partial charge in [0, 0.05) is 36.3 Å². The van der Waals surface area contributed by atoms with Crippen LogP contribution in [0.15, 0.2) is 95.9 Å². The third-order valence-electron chi connectivity index (χ3n) is 6.67. The van der Waals surface area contributed by atoms with E-state index >= 15 is 0 Å². The van der Waals surface area contributed by atoms with Gasteiger partial charge in [-0.15, -0.1) is 0 Å². The van der Waals surface area contributed by atoms with Crippen LogP contribution in [0.3, 0.4) is 0 Å². The minimum atomic E-state index is -3.32. The van der Waals surface area contributed by atoms with Crippen LogP contribution in [-0.2, 0) is 29.3 Å². The molecule has 0 spiro atoms. The van der Waals surface area contributed by atoms with Crippen molar-refractivity contribution in [1.29, 1.82) is 0 Å². The van der Waals surface area contributed by atoms with E-state index in [0.717, 1.165) is 11.1 Å². The number of benzene rings is 4. The molecule has 9 heteroatoms. The highest BCUT2D eigenvalue weighted by molar-refractivity contribution is 7.98.